The standard InChI is InChI=1S/C22H18F2O4/c23-19-12-15(9-10-21(25)26)13-20(24)22(19)27-14-16-5-4-8-18(11-16)28-17-6-2-1-3-7-17/h1-8,11-13H,9-10,14H2,(H,25,26). The molecule has 4 nitrogen and oxygen atoms in total. The zero-order valence-corrected chi connectivity index (χ0v) is 14.9. The maximum absolute atomic E-state index is 14.2. The van der Waals surface area contributed by atoms with E-state index in [-0.39, 0.29) is 25.0 Å². The molecule has 0 saturated carbocycles. The van der Waals surface area contributed by atoms with Gasteiger partial charge in [0.2, 0.25) is 0 Å². The van der Waals surface area contributed by atoms with Gasteiger partial charge in [0.25, 0.3) is 0 Å². The summed E-state index contributed by atoms with van der Waals surface area (Å²) in [4.78, 5) is 10.6. The molecule has 0 aliphatic carbocycles. The quantitative estimate of drug-likeness (QED) is 0.569. The molecular formula is C22H18F2O4. The molecule has 0 atom stereocenters. The fourth-order valence-electron chi connectivity index (χ4n) is 2.62. The van der Waals surface area contributed by atoms with Crippen molar-refractivity contribution in [3.63, 3.8) is 0 Å². The van der Waals surface area contributed by atoms with Crippen LogP contribution in [0.1, 0.15) is 17.5 Å². The summed E-state index contributed by atoms with van der Waals surface area (Å²) in [6.45, 7) is -0.0473. The van der Waals surface area contributed by atoms with E-state index in [1.165, 1.54) is 0 Å². The third kappa shape index (κ3) is 5.30. The summed E-state index contributed by atoms with van der Waals surface area (Å²) < 4.78 is 39.4. The van der Waals surface area contributed by atoms with Gasteiger partial charge in [0.1, 0.15) is 18.1 Å². The molecular weight excluding hydrogens is 366 g/mol. The number of aliphatic carboxylic acids is 1. The second-order valence-corrected chi connectivity index (χ2v) is 6.13. The van der Waals surface area contributed by atoms with E-state index < -0.39 is 23.4 Å². The molecule has 0 fully saturated rings. The zero-order valence-electron chi connectivity index (χ0n) is 14.9. The highest BCUT2D eigenvalue weighted by Gasteiger charge is 2.14. The van der Waals surface area contributed by atoms with Crippen molar-refractivity contribution in [3.8, 4) is 17.2 Å². The summed E-state index contributed by atoms with van der Waals surface area (Å²) in [6, 6.07) is 18.4. The lowest BCUT2D eigenvalue weighted by Crippen LogP contribution is -2.03. The number of benzene rings is 3. The summed E-state index contributed by atoms with van der Waals surface area (Å²) in [7, 11) is 0. The summed E-state index contributed by atoms with van der Waals surface area (Å²) in [5, 5.41) is 8.67. The topological polar surface area (TPSA) is 55.8 Å². The van der Waals surface area contributed by atoms with E-state index in [0.29, 0.717) is 17.1 Å². The van der Waals surface area contributed by atoms with E-state index in [2.05, 4.69) is 0 Å². The minimum atomic E-state index is -1.03. The van der Waals surface area contributed by atoms with Gasteiger partial charge in [0, 0.05) is 6.42 Å². The number of aryl methyl sites for hydroxylation is 1. The summed E-state index contributed by atoms with van der Waals surface area (Å²) in [5.74, 6) is -1.99. The average Bonchev–Trinajstić information content (AvgIpc) is 2.67. The minimum absolute atomic E-state index is 0.0440. The normalized spacial score (nSPS) is 10.5. The van der Waals surface area contributed by atoms with Gasteiger partial charge in [-0.25, -0.2) is 8.78 Å². The highest BCUT2D eigenvalue weighted by atomic mass is 19.1. The molecule has 1 N–H and O–H groups in total. The van der Waals surface area contributed by atoms with Crippen molar-refractivity contribution in [2.75, 3.05) is 0 Å². The Labute approximate surface area is 161 Å². The molecule has 3 aromatic carbocycles. The van der Waals surface area contributed by atoms with Crippen molar-refractivity contribution in [1.29, 1.82) is 0 Å². The Hall–Kier alpha value is -3.41. The Bertz CT molecular complexity index is 935. The molecule has 0 spiro atoms. The minimum Gasteiger partial charge on any atom is -0.483 e. The van der Waals surface area contributed by atoms with Crippen LogP contribution in [-0.4, -0.2) is 11.1 Å². The average molecular weight is 384 g/mol. The number of carbonyl (C=O) groups is 1. The van der Waals surface area contributed by atoms with Gasteiger partial charge in [-0.2, -0.15) is 0 Å². The van der Waals surface area contributed by atoms with E-state index in [9.17, 15) is 13.6 Å². The van der Waals surface area contributed by atoms with Crippen LogP contribution < -0.4 is 9.47 Å². The van der Waals surface area contributed by atoms with Gasteiger partial charge in [-0.3, -0.25) is 4.79 Å². The smallest absolute Gasteiger partial charge is 0.303 e. The second-order valence-electron chi connectivity index (χ2n) is 6.13. The van der Waals surface area contributed by atoms with Gasteiger partial charge in [0.15, 0.2) is 17.4 Å². The number of carboxylic acid groups (broad SMARTS) is 1. The van der Waals surface area contributed by atoms with Crippen LogP contribution in [0.4, 0.5) is 8.78 Å². The van der Waals surface area contributed by atoms with Crippen LogP contribution in [0.25, 0.3) is 0 Å². The molecule has 0 amide bonds. The summed E-state index contributed by atoms with van der Waals surface area (Å²) >= 11 is 0. The Balaban J connectivity index is 1.67. The number of hydrogen-bond acceptors (Lipinski definition) is 3. The van der Waals surface area contributed by atoms with Crippen LogP contribution in [0.5, 0.6) is 17.2 Å². The second kappa shape index (κ2) is 8.99. The Kier molecular flexibility index (Phi) is 6.22. The third-order valence-corrected chi connectivity index (χ3v) is 3.95. The van der Waals surface area contributed by atoms with Gasteiger partial charge in [-0.15, -0.1) is 0 Å². The predicted molar refractivity (Wildman–Crippen MR) is 99.6 cm³/mol. The number of ether oxygens (including phenoxy) is 2. The first-order chi connectivity index (χ1) is 13.5. The van der Waals surface area contributed by atoms with Crippen LogP contribution in [0.3, 0.4) is 0 Å². The fraction of sp³-hybridized carbons (Fsp3) is 0.136. The Morgan fingerprint density at radius 1 is 0.857 bits per heavy atom. The van der Waals surface area contributed by atoms with E-state index in [4.69, 9.17) is 14.6 Å². The van der Waals surface area contributed by atoms with E-state index in [0.717, 1.165) is 12.1 Å². The van der Waals surface area contributed by atoms with Crippen molar-refractivity contribution in [3.05, 3.63) is 89.5 Å². The molecule has 28 heavy (non-hydrogen) atoms. The number of halogens is 2. The molecule has 0 aromatic heterocycles. The summed E-state index contributed by atoms with van der Waals surface area (Å²) in [5.41, 5.74) is 0.949. The van der Waals surface area contributed by atoms with E-state index in [1.807, 2.05) is 30.3 Å². The maximum Gasteiger partial charge on any atom is 0.303 e. The van der Waals surface area contributed by atoms with E-state index in [1.54, 1.807) is 24.3 Å². The third-order valence-electron chi connectivity index (χ3n) is 3.95. The van der Waals surface area contributed by atoms with Crippen LogP contribution in [0, 0.1) is 11.6 Å². The van der Waals surface area contributed by atoms with Crippen LogP contribution in [-0.2, 0) is 17.8 Å². The highest BCUT2D eigenvalue weighted by Crippen LogP contribution is 2.26. The van der Waals surface area contributed by atoms with Crippen LogP contribution in [0.15, 0.2) is 66.7 Å². The fourth-order valence-corrected chi connectivity index (χ4v) is 2.62. The van der Waals surface area contributed by atoms with Crippen molar-refractivity contribution in [2.24, 2.45) is 0 Å². The molecule has 0 bridgehead atoms. The van der Waals surface area contributed by atoms with Crippen molar-refractivity contribution in [1.82, 2.24) is 0 Å². The molecule has 0 aliphatic rings. The van der Waals surface area contributed by atoms with Gasteiger partial charge in [0.05, 0.1) is 0 Å². The predicted octanol–water partition coefficient (Wildman–Crippen LogP) is 5.35. The monoisotopic (exact) mass is 384 g/mol. The Morgan fingerprint density at radius 3 is 2.21 bits per heavy atom. The van der Waals surface area contributed by atoms with Crippen LogP contribution >= 0.6 is 0 Å². The lowest BCUT2D eigenvalue weighted by atomic mass is 10.1. The number of carboxylic acids is 1. The lowest BCUT2D eigenvalue weighted by molar-refractivity contribution is -0.136. The van der Waals surface area contributed by atoms with Gasteiger partial charge >= 0.3 is 5.97 Å². The van der Waals surface area contributed by atoms with Crippen molar-refractivity contribution < 1.29 is 28.2 Å². The Morgan fingerprint density at radius 2 is 1.54 bits per heavy atom. The molecule has 0 radical (unpaired) electrons. The molecule has 3 rings (SSSR count). The van der Waals surface area contributed by atoms with Crippen molar-refractivity contribution in [2.45, 2.75) is 19.4 Å². The van der Waals surface area contributed by atoms with Crippen LogP contribution in [0.2, 0.25) is 0 Å². The lowest BCUT2D eigenvalue weighted by Gasteiger charge is -2.11. The largest absolute Gasteiger partial charge is 0.483 e. The molecule has 0 aliphatic heterocycles. The summed E-state index contributed by atoms with van der Waals surface area (Å²) in [6.07, 6.45) is -0.157. The molecule has 0 heterocycles. The van der Waals surface area contributed by atoms with Gasteiger partial charge in [-0.05, 0) is 53.9 Å². The number of para-hydroxylation sites is 1. The van der Waals surface area contributed by atoms with Gasteiger partial charge in [-0.1, -0.05) is 30.3 Å². The highest BCUT2D eigenvalue weighted by molar-refractivity contribution is 5.67. The number of hydrogen-bond donors (Lipinski definition) is 1. The molecule has 144 valence electrons. The van der Waals surface area contributed by atoms with Gasteiger partial charge < -0.3 is 14.6 Å². The first-order valence-corrected chi connectivity index (χ1v) is 8.65. The number of rotatable bonds is 8. The molecule has 0 unspecified atom stereocenters. The maximum atomic E-state index is 14.2. The first-order valence-electron chi connectivity index (χ1n) is 8.65. The van der Waals surface area contributed by atoms with E-state index >= 15 is 0 Å². The molecule has 6 heteroatoms. The SMILES string of the molecule is O=C(O)CCc1cc(F)c(OCc2cccc(Oc3ccccc3)c2)c(F)c1. The molecule has 3 aromatic rings. The first kappa shape index (κ1) is 19.4. The zero-order chi connectivity index (χ0) is 19.9. The molecule has 0 saturated heterocycles. The van der Waals surface area contributed by atoms with Crippen molar-refractivity contribution >= 4 is 5.97 Å².